The van der Waals surface area contributed by atoms with Gasteiger partial charge in [-0.2, -0.15) is 0 Å². The predicted molar refractivity (Wildman–Crippen MR) is 74.2 cm³/mol. The summed E-state index contributed by atoms with van der Waals surface area (Å²) in [5.74, 6) is -1.41. The summed E-state index contributed by atoms with van der Waals surface area (Å²) in [7, 11) is 0. The third-order valence-electron chi connectivity index (χ3n) is 4.00. The van der Waals surface area contributed by atoms with E-state index in [1.807, 2.05) is 6.92 Å². The summed E-state index contributed by atoms with van der Waals surface area (Å²) >= 11 is 0. The summed E-state index contributed by atoms with van der Waals surface area (Å²) in [6.45, 7) is 3.03. The van der Waals surface area contributed by atoms with Gasteiger partial charge in [0.05, 0.1) is 11.8 Å². The quantitative estimate of drug-likeness (QED) is 0.924. The van der Waals surface area contributed by atoms with Gasteiger partial charge in [-0.25, -0.2) is 4.39 Å². The van der Waals surface area contributed by atoms with Crippen LogP contribution in [-0.2, 0) is 4.79 Å². The van der Waals surface area contributed by atoms with Gasteiger partial charge in [-0.3, -0.25) is 14.6 Å². The molecule has 1 N–H and O–H groups in total. The SMILES string of the molecule is CC(CC(=O)O)C1CCCN(C(=O)c2cncc(F)c2)C1. The van der Waals surface area contributed by atoms with Crippen LogP contribution in [0.15, 0.2) is 18.5 Å². The summed E-state index contributed by atoms with van der Waals surface area (Å²) in [5.41, 5.74) is 0.238. The van der Waals surface area contributed by atoms with E-state index in [0.29, 0.717) is 13.1 Å². The standard InChI is InChI=1S/C15H19FN2O3/c1-10(5-14(19)20)11-3-2-4-18(9-11)15(21)12-6-13(16)8-17-7-12/h6-8,10-11H,2-5,9H2,1H3,(H,19,20). The van der Waals surface area contributed by atoms with E-state index < -0.39 is 11.8 Å². The van der Waals surface area contributed by atoms with Crippen LogP contribution in [0, 0.1) is 17.7 Å². The summed E-state index contributed by atoms with van der Waals surface area (Å²) in [6.07, 6.45) is 4.28. The van der Waals surface area contributed by atoms with Crippen molar-refractivity contribution >= 4 is 11.9 Å². The molecular weight excluding hydrogens is 275 g/mol. The number of halogens is 1. The molecule has 114 valence electrons. The van der Waals surface area contributed by atoms with Crippen molar-refractivity contribution in [2.75, 3.05) is 13.1 Å². The highest BCUT2D eigenvalue weighted by atomic mass is 19.1. The van der Waals surface area contributed by atoms with E-state index in [0.717, 1.165) is 19.0 Å². The van der Waals surface area contributed by atoms with Gasteiger partial charge in [0.15, 0.2) is 0 Å². The Kier molecular flexibility index (Phi) is 4.88. The topological polar surface area (TPSA) is 70.5 Å². The van der Waals surface area contributed by atoms with Crippen molar-refractivity contribution < 1.29 is 19.1 Å². The maximum atomic E-state index is 13.1. The largest absolute Gasteiger partial charge is 0.481 e. The zero-order valence-corrected chi connectivity index (χ0v) is 12.0. The van der Waals surface area contributed by atoms with Crippen molar-refractivity contribution in [3.63, 3.8) is 0 Å². The molecule has 0 spiro atoms. The van der Waals surface area contributed by atoms with Crippen LogP contribution in [-0.4, -0.2) is 40.0 Å². The van der Waals surface area contributed by atoms with Gasteiger partial charge in [0.1, 0.15) is 5.82 Å². The van der Waals surface area contributed by atoms with E-state index in [-0.39, 0.29) is 29.7 Å². The van der Waals surface area contributed by atoms with Crippen LogP contribution in [0.3, 0.4) is 0 Å². The Bertz CT molecular complexity index is 535. The molecule has 1 aromatic rings. The van der Waals surface area contributed by atoms with E-state index in [1.165, 1.54) is 12.3 Å². The van der Waals surface area contributed by atoms with Gasteiger partial charge in [-0.05, 0) is 30.7 Å². The molecule has 0 radical (unpaired) electrons. The first kappa shape index (κ1) is 15.4. The minimum Gasteiger partial charge on any atom is -0.481 e. The molecule has 1 aliphatic heterocycles. The molecule has 1 amide bonds. The lowest BCUT2D eigenvalue weighted by Gasteiger charge is -2.35. The molecule has 1 saturated heterocycles. The minimum atomic E-state index is -0.819. The second kappa shape index (κ2) is 6.65. The number of carboxylic acid groups (broad SMARTS) is 1. The molecule has 6 heteroatoms. The zero-order valence-electron chi connectivity index (χ0n) is 12.0. The summed E-state index contributed by atoms with van der Waals surface area (Å²) in [6, 6.07) is 1.18. The summed E-state index contributed by atoms with van der Waals surface area (Å²) in [4.78, 5) is 28.5. The lowest BCUT2D eigenvalue weighted by atomic mass is 9.84. The number of aromatic nitrogens is 1. The van der Waals surface area contributed by atoms with E-state index in [1.54, 1.807) is 4.90 Å². The van der Waals surface area contributed by atoms with Gasteiger partial charge >= 0.3 is 5.97 Å². The number of carboxylic acids is 1. The Morgan fingerprint density at radius 1 is 1.52 bits per heavy atom. The van der Waals surface area contributed by atoms with Gasteiger partial charge in [-0.1, -0.05) is 6.92 Å². The monoisotopic (exact) mass is 294 g/mol. The number of hydrogen-bond donors (Lipinski definition) is 1. The molecule has 21 heavy (non-hydrogen) atoms. The number of likely N-dealkylation sites (tertiary alicyclic amines) is 1. The Labute approximate surface area is 122 Å². The summed E-state index contributed by atoms with van der Waals surface area (Å²) < 4.78 is 13.1. The highest BCUT2D eigenvalue weighted by molar-refractivity contribution is 5.94. The van der Waals surface area contributed by atoms with Gasteiger partial charge in [0.2, 0.25) is 0 Å². The fourth-order valence-corrected chi connectivity index (χ4v) is 2.81. The molecule has 0 bridgehead atoms. The molecule has 2 atom stereocenters. The lowest BCUT2D eigenvalue weighted by molar-refractivity contribution is -0.138. The molecule has 0 aromatic carbocycles. The molecule has 1 fully saturated rings. The first-order chi connectivity index (χ1) is 9.97. The van der Waals surface area contributed by atoms with Crippen LogP contribution < -0.4 is 0 Å². The van der Waals surface area contributed by atoms with Crippen molar-refractivity contribution in [2.24, 2.45) is 11.8 Å². The van der Waals surface area contributed by atoms with Gasteiger partial charge in [0.25, 0.3) is 5.91 Å². The Morgan fingerprint density at radius 2 is 2.29 bits per heavy atom. The first-order valence-corrected chi connectivity index (χ1v) is 7.09. The van der Waals surface area contributed by atoms with Crippen molar-refractivity contribution in [1.29, 1.82) is 0 Å². The predicted octanol–water partition coefficient (Wildman–Crippen LogP) is 2.18. The fraction of sp³-hybridized carbons (Fsp3) is 0.533. The maximum Gasteiger partial charge on any atom is 0.303 e. The van der Waals surface area contributed by atoms with Gasteiger partial charge in [-0.15, -0.1) is 0 Å². The van der Waals surface area contributed by atoms with Crippen LogP contribution in [0.25, 0.3) is 0 Å². The number of carbonyl (C=O) groups excluding carboxylic acids is 1. The van der Waals surface area contributed by atoms with Crippen molar-refractivity contribution in [3.05, 3.63) is 29.8 Å². The normalized spacial score (nSPS) is 20.1. The van der Waals surface area contributed by atoms with Crippen molar-refractivity contribution in [3.8, 4) is 0 Å². The molecule has 0 aliphatic carbocycles. The minimum absolute atomic E-state index is 0.0173. The number of piperidine rings is 1. The molecular formula is C15H19FN2O3. The van der Waals surface area contributed by atoms with E-state index >= 15 is 0 Å². The average molecular weight is 294 g/mol. The molecule has 2 heterocycles. The molecule has 5 nitrogen and oxygen atoms in total. The second-order valence-electron chi connectivity index (χ2n) is 5.62. The Hall–Kier alpha value is -1.98. The number of rotatable bonds is 4. The van der Waals surface area contributed by atoms with E-state index in [2.05, 4.69) is 4.98 Å². The van der Waals surface area contributed by atoms with Crippen molar-refractivity contribution in [1.82, 2.24) is 9.88 Å². The third-order valence-corrected chi connectivity index (χ3v) is 4.00. The molecule has 1 aromatic heterocycles. The number of carbonyl (C=O) groups is 2. The lowest BCUT2D eigenvalue weighted by Crippen LogP contribution is -2.42. The van der Waals surface area contributed by atoms with Gasteiger partial charge in [0, 0.05) is 25.7 Å². The van der Waals surface area contributed by atoms with Crippen molar-refractivity contribution in [2.45, 2.75) is 26.2 Å². The molecule has 0 saturated carbocycles. The summed E-state index contributed by atoms with van der Waals surface area (Å²) in [5, 5.41) is 8.87. The number of nitrogens with zero attached hydrogens (tertiary/aromatic N) is 2. The third kappa shape index (κ3) is 4.00. The molecule has 1 aliphatic rings. The molecule has 2 unspecified atom stereocenters. The van der Waals surface area contributed by atoms with Crippen LogP contribution in [0.2, 0.25) is 0 Å². The van der Waals surface area contributed by atoms with Crippen LogP contribution in [0.4, 0.5) is 4.39 Å². The van der Waals surface area contributed by atoms with Crippen LogP contribution in [0.1, 0.15) is 36.5 Å². The number of aliphatic carboxylic acids is 1. The Balaban J connectivity index is 2.03. The van der Waals surface area contributed by atoms with E-state index in [4.69, 9.17) is 5.11 Å². The zero-order chi connectivity index (χ0) is 15.4. The second-order valence-corrected chi connectivity index (χ2v) is 5.62. The van der Waals surface area contributed by atoms with E-state index in [9.17, 15) is 14.0 Å². The molecule has 2 rings (SSSR count). The Morgan fingerprint density at radius 3 is 2.95 bits per heavy atom. The van der Waals surface area contributed by atoms with Gasteiger partial charge < -0.3 is 10.0 Å². The number of amides is 1. The van der Waals surface area contributed by atoms with Crippen LogP contribution in [0.5, 0.6) is 0 Å². The average Bonchev–Trinajstić information content (AvgIpc) is 2.46. The highest BCUT2D eigenvalue weighted by Crippen LogP contribution is 2.27. The smallest absolute Gasteiger partial charge is 0.303 e. The number of hydrogen-bond acceptors (Lipinski definition) is 3. The fourth-order valence-electron chi connectivity index (χ4n) is 2.81. The number of pyridine rings is 1. The maximum absolute atomic E-state index is 13.1. The highest BCUT2D eigenvalue weighted by Gasteiger charge is 2.29. The van der Waals surface area contributed by atoms with Crippen LogP contribution >= 0.6 is 0 Å². The first-order valence-electron chi connectivity index (χ1n) is 7.09.